The molecule has 98 valence electrons. The van der Waals surface area contributed by atoms with Crippen LogP contribution in [-0.4, -0.2) is 32.9 Å². The van der Waals surface area contributed by atoms with Crippen molar-refractivity contribution in [1.82, 2.24) is 19.9 Å². The van der Waals surface area contributed by atoms with Crippen LogP contribution in [0.25, 0.3) is 11.4 Å². The van der Waals surface area contributed by atoms with Crippen molar-refractivity contribution in [2.45, 2.75) is 26.3 Å². The highest BCUT2D eigenvalue weighted by Gasteiger charge is 2.17. The van der Waals surface area contributed by atoms with Crippen LogP contribution in [0.1, 0.15) is 24.6 Å². The van der Waals surface area contributed by atoms with Gasteiger partial charge in [0.1, 0.15) is 0 Å². The molecule has 4 heteroatoms. The number of fused-ring (bicyclic) bond motifs is 1. The lowest BCUT2D eigenvalue weighted by molar-refractivity contribution is 0.250. The normalized spacial score (nSPS) is 15.2. The molecule has 4 nitrogen and oxygen atoms in total. The quantitative estimate of drug-likeness (QED) is 0.843. The fraction of sp³-hybridized carbons (Fsp3) is 0.400. The molecule has 0 fully saturated rings. The Morgan fingerprint density at radius 3 is 2.89 bits per heavy atom. The Morgan fingerprint density at radius 2 is 2.11 bits per heavy atom. The van der Waals surface area contributed by atoms with Gasteiger partial charge in [0.2, 0.25) is 0 Å². The fourth-order valence-corrected chi connectivity index (χ4v) is 2.50. The second-order valence-corrected chi connectivity index (χ2v) is 4.93. The van der Waals surface area contributed by atoms with E-state index in [0.717, 1.165) is 37.4 Å². The van der Waals surface area contributed by atoms with Crippen molar-refractivity contribution in [3.63, 3.8) is 0 Å². The molecule has 0 saturated carbocycles. The molecule has 0 aromatic carbocycles. The van der Waals surface area contributed by atoms with Crippen LogP contribution in [0.2, 0.25) is 0 Å². The van der Waals surface area contributed by atoms with E-state index in [1.165, 1.54) is 17.7 Å². The van der Waals surface area contributed by atoms with Crippen molar-refractivity contribution in [1.29, 1.82) is 0 Å². The molecule has 0 N–H and O–H groups in total. The summed E-state index contributed by atoms with van der Waals surface area (Å²) in [6.07, 6.45) is 7.80. The largest absolute Gasteiger partial charge is 0.297 e. The van der Waals surface area contributed by atoms with E-state index < -0.39 is 0 Å². The van der Waals surface area contributed by atoms with E-state index >= 15 is 0 Å². The fourth-order valence-electron chi connectivity index (χ4n) is 2.50. The molecule has 19 heavy (non-hydrogen) atoms. The first-order valence-corrected chi connectivity index (χ1v) is 6.84. The zero-order valence-corrected chi connectivity index (χ0v) is 11.2. The van der Waals surface area contributed by atoms with Crippen molar-refractivity contribution < 1.29 is 0 Å². The Hall–Kier alpha value is -1.81. The molecule has 2 aromatic rings. The van der Waals surface area contributed by atoms with Gasteiger partial charge in [-0.05, 0) is 37.1 Å². The summed E-state index contributed by atoms with van der Waals surface area (Å²) in [7, 11) is 0. The van der Waals surface area contributed by atoms with Crippen LogP contribution in [0, 0.1) is 0 Å². The SMILES string of the molecule is CCCN1CCc2cnc(-c3ccncc3)nc2C1. The minimum atomic E-state index is 0.805. The van der Waals surface area contributed by atoms with Gasteiger partial charge < -0.3 is 0 Å². The third-order valence-corrected chi connectivity index (χ3v) is 3.50. The lowest BCUT2D eigenvalue weighted by atomic mass is 10.1. The lowest BCUT2D eigenvalue weighted by Gasteiger charge is -2.27. The number of rotatable bonds is 3. The number of aromatic nitrogens is 3. The van der Waals surface area contributed by atoms with Crippen molar-refractivity contribution in [2.24, 2.45) is 0 Å². The van der Waals surface area contributed by atoms with Crippen LogP contribution in [0.15, 0.2) is 30.7 Å². The van der Waals surface area contributed by atoms with Crippen molar-refractivity contribution >= 4 is 0 Å². The monoisotopic (exact) mass is 254 g/mol. The van der Waals surface area contributed by atoms with E-state index in [4.69, 9.17) is 4.98 Å². The van der Waals surface area contributed by atoms with Crippen LogP contribution >= 0.6 is 0 Å². The Balaban J connectivity index is 1.89. The molecule has 0 saturated heterocycles. The summed E-state index contributed by atoms with van der Waals surface area (Å²) in [4.78, 5) is 15.7. The van der Waals surface area contributed by atoms with Gasteiger partial charge in [0.05, 0.1) is 5.69 Å². The predicted octanol–water partition coefficient (Wildman–Crippen LogP) is 2.31. The molecule has 0 amide bonds. The second-order valence-electron chi connectivity index (χ2n) is 4.93. The Bertz CT molecular complexity index is 553. The molecule has 0 atom stereocenters. The van der Waals surface area contributed by atoms with Gasteiger partial charge in [-0.1, -0.05) is 6.92 Å². The van der Waals surface area contributed by atoms with Crippen LogP contribution in [0.5, 0.6) is 0 Å². The smallest absolute Gasteiger partial charge is 0.159 e. The topological polar surface area (TPSA) is 41.9 Å². The molecule has 0 spiro atoms. The maximum Gasteiger partial charge on any atom is 0.159 e. The number of nitrogens with zero attached hydrogens (tertiary/aromatic N) is 4. The van der Waals surface area contributed by atoms with E-state index in [9.17, 15) is 0 Å². The third-order valence-electron chi connectivity index (χ3n) is 3.50. The van der Waals surface area contributed by atoms with Gasteiger partial charge >= 0.3 is 0 Å². The van der Waals surface area contributed by atoms with Gasteiger partial charge in [-0.25, -0.2) is 9.97 Å². The highest BCUT2D eigenvalue weighted by molar-refractivity contribution is 5.53. The average Bonchev–Trinajstić information content (AvgIpc) is 2.48. The Morgan fingerprint density at radius 1 is 1.26 bits per heavy atom. The van der Waals surface area contributed by atoms with Crippen molar-refractivity contribution in [2.75, 3.05) is 13.1 Å². The van der Waals surface area contributed by atoms with Crippen LogP contribution in [0.3, 0.4) is 0 Å². The van der Waals surface area contributed by atoms with E-state index in [1.54, 1.807) is 12.4 Å². The molecular formula is C15H18N4. The molecule has 3 rings (SSSR count). The minimum Gasteiger partial charge on any atom is -0.297 e. The zero-order chi connectivity index (χ0) is 13.1. The van der Waals surface area contributed by atoms with Crippen LogP contribution in [0.4, 0.5) is 0 Å². The maximum atomic E-state index is 4.74. The summed E-state index contributed by atoms with van der Waals surface area (Å²) >= 11 is 0. The zero-order valence-electron chi connectivity index (χ0n) is 11.2. The minimum absolute atomic E-state index is 0.805. The molecule has 0 bridgehead atoms. The van der Waals surface area contributed by atoms with Gasteiger partial charge in [0.25, 0.3) is 0 Å². The standard InChI is InChI=1S/C15H18N4/c1-2-8-19-9-5-13-10-17-15(18-14(13)11-19)12-3-6-16-7-4-12/h3-4,6-7,10H,2,5,8-9,11H2,1H3. The molecule has 3 heterocycles. The summed E-state index contributed by atoms with van der Waals surface area (Å²) < 4.78 is 0. The number of hydrogen-bond acceptors (Lipinski definition) is 4. The van der Waals surface area contributed by atoms with Crippen molar-refractivity contribution in [3.05, 3.63) is 42.0 Å². The Kier molecular flexibility index (Phi) is 3.51. The third kappa shape index (κ3) is 2.63. The molecule has 0 aliphatic carbocycles. The predicted molar refractivity (Wildman–Crippen MR) is 74.5 cm³/mol. The molecule has 0 radical (unpaired) electrons. The highest BCUT2D eigenvalue weighted by Crippen LogP contribution is 2.20. The van der Waals surface area contributed by atoms with E-state index in [1.807, 2.05) is 18.3 Å². The first-order valence-electron chi connectivity index (χ1n) is 6.84. The lowest BCUT2D eigenvalue weighted by Crippen LogP contribution is -2.32. The summed E-state index contributed by atoms with van der Waals surface area (Å²) in [6, 6.07) is 3.91. The molecule has 1 aliphatic heterocycles. The van der Waals surface area contributed by atoms with E-state index in [-0.39, 0.29) is 0 Å². The summed E-state index contributed by atoms with van der Waals surface area (Å²) in [5.41, 5.74) is 3.51. The first-order chi connectivity index (χ1) is 9.36. The van der Waals surface area contributed by atoms with Crippen molar-refractivity contribution in [3.8, 4) is 11.4 Å². The maximum absolute atomic E-state index is 4.74. The average molecular weight is 254 g/mol. The van der Waals surface area contributed by atoms with Gasteiger partial charge in [0.15, 0.2) is 5.82 Å². The molecular weight excluding hydrogens is 236 g/mol. The Labute approximate surface area is 113 Å². The van der Waals surface area contributed by atoms with Gasteiger partial charge in [-0.3, -0.25) is 9.88 Å². The van der Waals surface area contributed by atoms with Crippen LogP contribution in [-0.2, 0) is 13.0 Å². The second kappa shape index (κ2) is 5.45. The highest BCUT2D eigenvalue weighted by atomic mass is 15.1. The first kappa shape index (κ1) is 12.2. The molecule has 2 aromatic heterocycles. The van der Waals surface area contributed by atoms with Crippen LogP contribution < -0.4 is 0 Å². The van der Waals surface area contributed by atoms with E-state index in [0.29, 0.717) is 0 Å². The molecule has 0 unspecified atom stereocenters. The van der Waals surface area contributed by atoms with E-state index in [2.05, 4.69) is 21.8 Å². The summed E-state index contributed by atoms with van der Waals surface area (Å²) in [6.45, 7) is 5.44. The van der Waals surface area contributed by atoms with Gasteiger partial charge in [-0.2, -0.15) is 0 Å². The number of pyridine rings is 1. The van der Waals surface area contributed by atoms with Gasteiger partial charge in [-0.15, -0.1) is 0 Å². The van der Waals surface area contributed by atoms with Gasteiger partial charge in [0, 0.05) is 37.2 Å². The summed E-state index contributed by atoms with van der Waals surface area (Å²) in [5.74, 6) is 0.805. The molecule has 1 aliphatic rings. The number of hydrogen-bond donors (Lipinski definition) is 0. The summed E-state index contributed by atoms with van der Waals surface area (Å²) in [5, 5.41) is 0.